The third-order valence-corrected chi connectivity index (χ3v) is 2.32. The lowest BCUT2D eigenvalue weighted by Gasteiger charge is -2.16. The summed E-state index contributed by atoms with van der Waals surface area (Å²) in [5.41, 5.74) is 9.16. The van der Waals surface area contributed by atoms with E-state index < -0.39 is 0 Å². The van der Waals surface area contributed by atoms with Crippen molar-refractivity contribution in [3.63, 3.8) is 0 Å². The molecule has 0 radical (unpaired) electrons. The average Bonchev–Trinajstić information content (AvgIpc) is 2.09. The topological polar surface area (TPSA) is 50.4 Å². The Hall–Kier alpha value is -1.51. The normalized spacial score (nSPS) is 12.7. The predicted molar refractivity (Wildman–Crippen MR) is 70.9 cm³/mol. The molecule has 0 amide bonds. The van der Waals surface area contributed by atoms with Crippen LogP contribution in [-0.4, -0.2) is 11.5 Å². The molecule has 3 nitrogen and oxygen atoms in total. The minimum atomic E-state index is -0.158. The molecule has 1 aromatic carbocycles. The Morgan fingerprint density at radius 2 is 1.88 bits per heavy atom. The lowest BCUT2D eigenvalue weighted by molar-refractivity contribution is 0.583. The van der Waals surface area contributed by atoms with Gasteiger partial charge in [-0.15, -0.1) is 0 Å². The SMILES string of the molecule is Cc1cccc(NC(N)=NC(C)(C)C)c1C. The molecule has 0 aliphatic rings. The van der Waals surface area contributed by atoms with Gasteiger partial charge in [0.1, 0.15) is 0 Å². The van der Waals surface area contributed by atoms with Crippen molar-refractivity contribution in [3.05, 3.63) is 29.3 Å². The highest BCUT2D eigenvalue weighted by Crippen LogP contribution is 2.18. The molecule has 0 aliphatic heterocycles. The molecular formula is C13H21N3. The van der Waals surface area contributed by atoms with Crippen LogP contribution >= 0.6 is 0 Å². The van der Waals surface area contributed by atoms with Gasteiger partial charge in [0.05, 0.1) is 5.54 Å². The van der Waals surface area contributed by atoms with Crippen LogP contribution in [0.4, 0.5) is 5.69 Å². The molecule has 0 bridgehead atoms. The first-order valence-corrected chi connectivity index (χ1v) is 5.48. The molecule has 88 valence electrons. The smallest absolute Gasteiger partial charge is 0.193 e. The van der Waals surface area contributed by atoms with Crippen LogP contribution in [0.15, 0.2) is 23.2 Å². The van der Waals surface area contributed by atoms with Crippen molar-refractivity contribution >= 4 is 11.6 Å². The lowest BCUT2D eigenvalue weighted by Crippen LogP contribution is -2.27. The fraction of sp³-hybridized carbons (Fsp3) is 0.462. The number of benzene rings is 1. The number of rotatable bonds is 1. The zero-order valence-electron chi connectivity index (χ0n) is 10.8. The highest BCUT2D eigenvalue weighted by atomic mass is 15.1. The molecular weight excluding hydrogens is 198 g/mol. The molecule has 16 heavy (non-hydrogen) atoms. The molecule has 0 heterocycles. The number of hydrogen-bond donors (Lipinski definition) is 2. The van der Waals surface area contributed by atoms with Crippen LogP contribution in [0.5, 0.6) is 0 Å². The summed E-state index contributed by atoms with van der Waals surface area (Å²) in [6, 6.07) is 6.10. The van der Waals surface area contributed by atoms with E-state index in [-0.39, 0.29) is 5.54 Å². The average molecular weight is 219 g/mol. The summed E-state index contributed by atoms with van der Waals surface area (Å²) in [5.74, 6) is 0.459. The van der Waals surface area contributed by atoms with Crippen LogP contribution in [0.2, 0.25) is 0 Å². The van der Waals surface area contributed by atoms with Crippen LogP contribution in [0.3, 0.4) is 0 Å². The molecule has 1 aromatic rings. The van der Waals surface area contributed by atoms with E-state index in [0.717, 1.165) is 5.69 Å². The number of nitrogens with zero attached hydrogens (tertiary/aromatic N) is 1. The molecule has 0 fully saturated rings. The number of guanidine groups is 1. The Bertz CT molecular complexity index is 400. The highest BCUT2D eigenvalue weighted by Gasteiger charge is 2.09. The van der Waals surface area contributed by atoms with Crippen molar-refractivity contribution in [3.8, 4) is 0 Å². The first-order valence-electron chi connectivity index (χ1n) is 5.48. The monoisotopic (exact) mass is 219 g/mol. The Balaban J connectivity index is 2.90. The summed E-state index contributed by atoms with van der Waals surface area (Å²) >= 11 is 0. The third kappa shape index (κ3) is 3.57. The van der Waals surface area contributed by atoms with Gasteiger partial charge >= 0.3 is 0 Å². The molecule has 3 N–H and O–H groups in total. The van der Waals surface area contributed by atoms with Gasteiger partial charge in [0.25, 0.3) is 0 Å². The number of nitrogens with one attached hydrogen (secondary N) is 1. The third-order valence-electron chi connectivity index (χ3n) is 2.32. The van der Waals surface area contributed by atoms with Gasteiger partial charge < -0.3 is 11.1 Å². The molecule has 0 unspecified atom stereocenters. The van der Waals surface area contributed by atoms with Crippen molar-refractivity contribution in [2.45, 2.75) is 40.2 Å². The Labute approximate surface area is 97.8 Å². The molecule has 3 heteroatoms. The summed E-state index contributed by atoms with van der Waals surface area (Å²) in [7, 11) is 0. The summed E-state index contributed by atoms with van der Waals surface area (Å²) in [6.07, 6.45) is 0. The maximum atomic E-state index is 5.85. The Morgan fingerprint density at radius 1 is 1.25 bits per heavy atom. The quantitative estimate of drug-likeness (QED) is 0.563. The van der Waals surface area contributed by atoms with Gasteiger partial charge in [-0.3, -0.25) is 0 Å². The molecule has 0 aliphatic carbocycles. The molecule has 0 saturated heterocycles. The van der Waals surface area contributed by atoms with Crippen LogP contribution in [0.1, 0.15) is 31.9 Å². The number of anilines is 1. The minimum Gasteiger partial charge on any atom is -0.370 e. The standard InChI is InChI=1S/C13H21N3/c1-9-7-6-8-11(10(9)2)15-12(14)16-13(3,4)5/h6-8H,1-5H3,(H3,14,15,16). The van der Waals surface area contributed by atoms with Gasteiger partial charge in [0.2, 0.25) is 0 Å². The van der Waals surface area contributed by atoms with E-state index in [1.807, 2.05) is 32.9 Å². The number of hydrogen-bond acceptors (Lipinski definition) is 1. The van der Waals surface area contributed by atoms with E-state index in [2.05, 4.69) is 30.2 Å². The molecule has 0 aromatic heterocycles. The van der Waals surface area contributed by atoms with Gasteiger partial charge in [0, 0.05) is 5.69 Å². The molecule has 0 saturated carbocycles. The molecule has 0 spiro atoms. The zero-order valence-corrected chi connectivity index (χ0v) is 10.8. The van der Waals surface area contributed by atoms with Gasteiger partial charge in [-0.25, -0.2) is 4.99 Å². The van der Waals surface area contributed by atoms with Gasteiger partial charge in [-0.05, 0) is 51.8 Å². The first kappa shape index (κ1) is 12.6. The van der Waals surface area contributed by atoms with Crippen molar-refractivity contribution in [1.82, 2.24) is 0 Å². The van der Waals surface area contributed by atoms with Crippen molar-refractivity contribution in [1.29, 1.82) is 0 Å². The van der Waals surface area contributed by atoms with Gasteiger partial charge in [-0.1, -0.05) is 12.1 Å². The Kier molecular flexibility index (Phi) is 3.58. The summed E-state index contributed by atoms with van der Waals surface area (Å²) in [6.45, 7) is 10.2. The van der Waals surface area contributed by atoms with Crippen LogP contribution in [0, 0.1) is 13.8 Å². The van der Waals surface area contributed by atoms with E-state index >= 15 is 0 Å². The zero-order chi connectivity index (χ0) is 12.3. The van der Waals surface area contributed by atoms with E-state index in [4.69, 9.17) is 5.73 Å². The number of nitrogens with two attached hydrogens (primary N) is 1. The second kappa shape index (κ2) is 4.56. The number of aryl methyl sites for hydroxylation is 1. The Morgan fingerprint density at radius 3 is 2.44 bits per heavy atom. The fourth-order valence-electron chi connectivity index (χ4n) is 1.41. The highest BCUT2D eigenvalue weighted by molar-refractivity contribution is 5.93. The maximum absolute atomic E-state index is 5.85. The summed E-state index contributed by atoms with van der Waals surface area (Å²) in [4.78, 5) is 4.36. The minimum absolute atomic E-state index is 0.158. The van der Waals surface area contributed by atoms with Crippen LogP contribution in [0.25, 0.3) is 0 Å². The summed E-state index contributed by atoms with van der Waals surface area (Å²) in [5, 5.41) is 3.14. The number of aliphatic imine (C=N–C) groups is 1. The van der Waals surface area contributed by atoms with Gasteiger partial charge in [-0.2, -0.15) is 0 Å². The van der Waals surface area contributed by atoms with Crippen molar-refractivity contribution in [2.75, 3.05) is 5.32 Å². The van der Waals surface area contributed by atoms with E-state index in [1.54, 1.807) is 0 Å². The largest absolute Gasteiger partial charge is 0.370 e. The van der Waals surface area contributed by atoms with Gasteiger partial charge in [0.15, 0.2) is 5.96 Å². The van der Waals surface area contributed by atoms with Crippen molar-refractivity contribution < 1.29 is 0 Å². The van der Waals surface area contributed by atoms with Crippen LogP contribution < -0.4 is 11.1 Å². The molecule has 0 atom stereocenters. The fourth-order valence-corrected chi connectivity index (χ4v) is 1.41. The second-order valence-electron chi connectivity index (χ2n) is 5.04. The first-order chi connectivity index (χ1) is 7.29. The lowest BCUT2D eigenvalue weighted by atomic mass is 10.1. The van der Waals surface area contributed by atoms with Crippen molar-refractivity contribution in [2.24, 2.45) is 10.7 Å². The summed E-state index contributed by atoms with van der Waals surface area (Å²) < 4.78 is 0. The van der Waals surface area contributed by atoms with E-state index in [0.29, 0.717) is 5.96 Å². The van der Waals surface area contributed by atoms with E-state index in [1.165, 1.54) is 11.1 Å². The second-order valence-corrected chi connectivity index (χ2v) is 5.04. The van der Waals surface area contributed by atoms with Crippen LogP contribution in [-0.2, 0) is 0 Å². The molecule has 1 rings (SSSR count). The van der Waals surface area contributed by atoms with E-state index in [9.17, 15) is 0 Å². The predicted octanol–water partition coefficient (Wildman–Crippen LogP) is 2.83. The maximum Gasteiger partial charge on any atom is 0.193 e.